The van der Waals surface area contributed by atoms with Crippen LogP contribution in [0.2, 0.25) is 0 Å². The minimum absolute atomic E-state index is 0.0696. The molecule has 0 spiro atoms. The summed E-state index contributed by atoms with van der Waals surface area (Å²) >= 11 is 0. The second-order valence-electron chi connectivity index (χ2n) is 4.49. The maximum atomic E-state index is 13.5. The Hall–Kier alpha value is -1.62. The predicted octanol–water partition coefficient (Wildman–Crippen LogP) is 1.45. The van der Waals surface area contributed by atoms with Crippen LogP contribution in [0.3, 0.4) is 0 Å². The summed E-state index contributed by atoms with van der Waals surface area (Å²) in [6, 6.07) is 4.58. The van der Waals surface area contributed by atoms with Gasteiger partial charge >= 0.3 is 6.03 Å². The van der Waals surface area contributed by atoms with E-state index in [0.29, 0.717) is 12.0 Å². The van der Waals surface area contributed by atoms with Crippen molar-refractivity contribution in [1.82, 2.24) is 10.2 Å². The molecule has 2 rings (SSSR count). The third-order valence-electron chi connectivity index (χ3n) is 3.29. The fourth-order valence-electron chi connectivity index (χ4n) is 2.27. The highest BCUT2D eigenvalue weighted by Crippen LogP contribution is 2.32. The van der Waals surface area contributed by atoms with E-state index in [0.717, 1.165) is 12.0 Å². The third kappa shape index (κ3) is 2.46. The molecule has 1 atom stereocenters. The number of fused-ring (bicyclic) bond motifs is 1. The average molecular weight is 252 g/mol. The van der Waals surface area contributed by atoms with Crippen LogP contribution in [-0.4, -0.2) is 36.2 Å². The number of likely N-dealkylation sites (N-methyl/N-ethyl adjacent to an activating group) is 1. The van der Waals surface area contributed by atoms with Crippen LogP contribution in [0.5, 0.6) is 0 Å². The monoisotopic (exact) mass is 252 g/mol. The van der Waals surface area contributed by atoms with Gasteiger partial charge in [0.25, 0.3) is 0 Å². The van der Waals surface area contributed by atoms with Gasteiger partial charge in [-0.2, -0.15) is 0 Å². The fourth-order valence-corrected chi connectivity index (χ4v) is 2.27. The Morgan fingerprint density at radius 2 is 2.39 bits per heavy atom. The first-order valence-electron chi connectivity index (χ1n) is 6.03. The van der Waals surface area contributed by atoms with E-state index >= 15 is 0 Å². The minimum atomic E-state index is -0.244. The molecule has 4 nitrogen and oxygen atoms in total. The van der Waals surface area contributed by atoms with E-state index < -0.39 is 0 Å². The number of halogens is 1. The Morgan fingerprint density at radius 1 is 1.61 bits per heavy atom. The molecule has 0 bridgehead atoms. The van der Waals surface area contributed by atoms with Gasteiger partial charge in [-0.05, 0) is 30.0 Å². The molecule has 1 aliphatic rings. The highest BCUT2D eigenvalue weighted by atomic mass is 19.1. The Balaban J connectivity index is 2.06. The highest BCUT2D eigenvalue weighted by Gasteiger charge is 2.26. The van der Waals surface area contributed by atoms with E-state index in [1.54, 1.807) is 13.1 Å². The second-order valence-corrected chi connectivity index (χ2v) is 4.49. The molecule has 1 aliphatic carbocycles. The number of urea groups is 1. The SMILES string of the molecule is CN(CCO)C(=O)NC1CCc2c(F)cccc21. The lowest BCUT2D eigenvalue weighted by atomic mass is 10.1. The lowest BCUT2D eigenvalue weighted by Crippen LogP contribution is -2.40. The van der Waals surface area contributed by atoms with Crippen LogP contribution in [0.4, 0.5) is 9.18 Å². The van der Waals surface area contributed by atoms with E-state index in [2.05, 4.69) is 5.32 Å². The van der Waals surface area contributed by atoms with Crippen molar-refractivity contribution in [3.8, 4) is 0 Å². The number of nitrogens with zero attached hydrogens (tertiary/aromatic N) is 1. The van der Waals surface area contributed by atoms with E-state index in [1.165, 1.54) is 11.0 Å². The van der Waals surface area contributed by atoms with Crippen LogP contribution >= 0.6 is 0 Å². The van der Waals surface area contributed by atoms with Crippen LogP contribution in [0.25, 0.3) is 0 Å². The molecular weight excluding hydrogens is 235 g/mol. The molecule has 0 radical (unpaired) electrons. The summed E-state index contributed by atoms with van der Waals surface area (Å²) < 4.78 is 13.5. The van der Waals surface area contributed by atoms with Gasteiger partial charge in [0.2, 0.25) is 0 Å². The number of amides is 2. The summed E-state index contributed by atoms with van der Waals surface area (Å²) in [6.07, 6.45) is 1.37. The number of aliphatic hydroxyl groups is 1. The molecule has 1 aromatic rings. The summed E-state index contributed by atoms with van der Waals surface area (Å²) in [6.45, 7) is 0.217. The molecule has 2 N–H and O–H groups in total. The smallest absolute Gasteiger partial charge is 0.317 e. The maximum Gasteiger partial charge on any atom is 0.317 e. The van der Waals surface area contributed by atoms with Crippen molar-refractivity contribution < 1.29 is 14.3 Å². The van der Waals surface area contributed by atoms with Crippen LogP contribution in [0.1, 0.15) is 23.6 Å². The van der Waals surface area contributed by atoms with E-state index in [1.807, 2.05) is 6.07 Å². The zero-order chi connectivity index (χ0) is 13.1. The van der Waals surface area contributed by atoms with Gasteiger partial charge in [-0.15, -0.1) is 0 Å². The molecule has 0 saturated carbocycles. The van der Waals surface area contributed by atoms with Crippen molar-refractivity contribution in [3.63, 3.8) is 0 Å². The summed E-state index contributed by atoms with van der Waals surface area (Å²) in [7, 11) is 1.62. The quantitative estimate of drug-likeness (QED) is 0.855. The first-order valence-corrected chi connectivity index (χ1v) is 6.03. The van der Waals surface area contributed by atoms with Crippen LogP contribution in [0.15, 0.2) is 18.2 Å². The number of hydrogen-bond acceptors (Lipinski definition) is 2. The molecular formula is C13H17FN2O2. The number of aliphatic hydroxyl groups excluding tert-OH is 1. The largest absolute Gasteiger partial charge is 0.395 e. The Kier molecular flexibility index (Phi) is 3.81. The van der Waals surface area contributed by atoms with Crippen LogP contribution in [0, 0.1) is 5.82 Å². The van der Waals surface area contributed by atoms with Crippen molar-refractivity contribution in [1.29, 1.82) is 0 Å². The highest BCUT2D eigenvalue weighted by molar-refractivity contribution is 5.74. The zero-order valence-electron chi connectivity index (χ0n) is 10.3. The lowest BCUT2D eigenvalue weighted by Gasteiger charge is -2.20. The van der Waals surface area contributed by atoms with Crippen LogP contribution < -0.4 is 5.32 Å². The van der Waals surface area contributed by atoms with Gasteiger partial charge in [0.1, 0.15) is 5.82 Å². The number of carbonyl (C=O) groups is 1. The summed E-state index contributed by atoms with van der Waals surface area (Å²) in [5.41, 5.74) is 1.56. The van der Waals surface area contributed by atoms with Crippen molar-refractivity contribution >= 4 is 6.03 Å². The van der Waals surface area contributed by atoms with Crippen LogP contribution in [-0.2, 0) is 6.42 Å². The van der Waals surface area contributed by atoms with E-state index in [9.17, 15) is 9.18 Å². The van der Waals surface area contributed by atoms with Gasteiger partial charge in [-0.1, -0.05) is 12.1 Å². The molecule has 1 unspecified atom stereocenters. The summed E-state index contributed by atoms with van der Waals surface area (Å²) in [5, 5.41) is 11.6. The number of carbonyl (C=O) groups excluding carboxylic acids is 1. The molecule has 18 heavy (non-hydrogen) atoms. The van der Waals surface area contributed by atoms with Crippen molar-refractivity contribution in [2.45, 2.75) is 18.9 Å². The molecule has 0 fully saturated rings. The predicted molar refractivity (Wildman–Crippen MR) is 65.7 cm³/mol. The van der Waals surface area contributed by atoms with E-state index in [-0.39, 0.29) is 31.0 Å². The molecule has 2 amide bonds. The molecule has 0 heterocycles. The fraction of sp³-hybridized carbons (Fsp3) is 0.462. The second kappa shape index (κ2) is 5.35. The van der Waals surface area contributed by atoms with Crippen molar-refractivity contribution in [2.75, 3.05) is 20.2 Å². The van der Waals surface area contributed by atoms with Gasteiger partial charge in [0, 0.05) is 13.6 Å². The minimum Gasteiger partial charge on any atom is -0.395 e. The van der Waals surface area contributed by atoms with Gasteiger partial charge in [-0.25, -0.2) is 9.18 Å². The summed E-state index contributed by atoms with van der Waals surface area (Å²) in [5.74, 6) is -0.201. The first-order chi connectivity index (χ1) is 8.63. The normalized spacial score (nSPS) is 17.4. The third-order valence-corrected chi connectivity index (χ3v) is 3.29. The Labute approximate surface area is 105 Å². The van der Waals surface area contributed by atoms with Crippen molar-refractivity contribution in [3.05, 3.63) is 35.1 Å². The standard InChI is InChI=1S/C13H17FN2O2/c1-16(7-8-17)13(18)15-12-6-5-9-10(12)3-2-4-11(9)14/h2-4,12,17H,5-8H2,1H3,(H,15,18). The number of rotatable bonds is 3. The molecule has 5 heteroatoms. The number of nitrogens with one attached hydrogen (secondary N) is 1. The summed E-state index contributed by atoms with van der Waals surface area (Å²) in [4.78, 5) is 13.2. The number of hydrogen-bond donors (Lipinski definition) is 2. The maximum absolute atomic E-state index is 13.5. The molecule has 0 aliphatic heterocycles. The Morgan fingerprint density at radius 3 is 3.11 bits per heavy atom. The van der Waals surface area contributed by atoms with Gasteiger partial charge in [-0.3, -0.25) is 0 Å². The average Bonchev–Trinajstić information content (AvgIpc) is 2.74. The molecule has 98 valence electrons. The first kappa shape index (κ1) is 12.8. The van der Waals surface area contributed by atoms with Crippen molar-refractivity contribution in [2.24, 2.45) is 0 Å². The lowest BCUT2D eigenvalue weighted by molar-refractivity contribution is 0.187. The van der Waals surface area contributed by atoms with Gasteiger partial charge in [0.05, 0.1) is 12.6 Å². The Bertz CT molecular complexity index is 451. The van der Waals surface area contributed by atoms with Gasteiger partial charge < -0.3 is 15.3 Å². The zero-order valence-corrected chi connectivity index (χ0v) is 10.3. The van der Waals surface area contributed by atoms with Gasteiger partial charge in [0.15, 0.2) is 0 Å². The topological polar surface area (TPSA) is 52.6 Å². The molecule has 1 aromatic carbocycles. The van der Waals surface area contributed by atoms with E-state index in [4.69, 9.17) is 5.11 Å². The number of benzene rings is 1. The molecule has 0 saturated heterocycles. The molecule has 0 aromatic heterocycles.